The Morgan fingerprint density at radius 2 is 2.17 bits per heavy atom. The number of piperidine rings is 1. The largest absolute Gasteiger partial charge is 0.355 e. The molecule has 0 atom stereocenters. The van der Waals surface area contributed by atoms with Crippen molar-refractivity contribution in [3.8, 4) is 6.07 Å². The molecule has 24 heavy (non-hydrogen) atoms. The maximum absolute atomic E-state index is 12.1. The van der Waals surface area contributed by atoms with Crippen molar-refractivity contribution in [1.82, 2.24) is 20.3 Å². The van der Waals surface area contributed by atoms with E-state index in [-0.39, 0.29) is 23.2 Å². The van der Waals surface area contributed by atoms with E-state index in [4.69, 9.17) is 5.26 Å². The predicted octanol–water partition coefficient (Wildman–Crippen LogP) is 0.435. The van der Waals surface area contributed by atoms with Gasteiger partial charge >= 0.3 is 0 Å². The van der Waals surface area contributed by atoms with E-state index < -0.39 is 0 Å². The summed E-state index contributed by atoms with van der Waals surface area (Å²) in [5.74, 6) is 0.382. The van der Waals surface area contributed by atoms with E-state index in [2.05, 4.69) is 31.2 Å². The van der Waals surface area contributed by atoms with Gasteiger partial charge in [0.2, 0.25) is 0 Å². The molecule has 1 amide bonds. The summed E-state index contributed by atoms with van der Waals surface area (Å²) in [7, 11) is 0. The molecule has 2 N–H and O–H groups in total. The average molecular weight is 324 g/mol. The van der Waals surface area contributed by atoms with Gasteiger partial charge < -0.3 is 15.2 Å². The van der Waals surface area contributed by atoms with Crippen molar-refractivity contribution in [2.24, 2.45) is 0 Å². The molecule has 0 spiro atoms. The molecule has 8 nitrogen and oxygen atoms in total. The van der Waals surface area contributed by atoms with Crippen molar-refractivity contribution in [3.05, 3.63) is 52.3 Å². The minimum absolute atomic E-state index is 0.0247. The summed E-state index contributed by atoms with van der Waals surface area (Å²) in [5.41, 5.74) is 0.398. The summed E-state index contributed by atoms with van der Waals surface area (Å²) in [6.45, 7) is 1.41. The molecule has 2 aromatic heterocycles. The molecule has 8 heteroatoms. The second-order valence-electron chi connectivity index (χ2n) is 5.52. The number of carbonyl (C=O) groups is 1. The number of amides is 1. The number of rotatable bonds is 3. The van der Waals surface area contributed by atoms with Crippen LogP contribution < -0.4 is 15.8 Å². The topological polar surface area (TPSA) is 115 Å². The number of nitriles is 1. The first-order valence-electron chi connectivity index (χ1n) is 7.63. The third-order valence-electron chi connectivity index (χ3n) is 3.94. The summed E-state index contributed by atoms with van der Waals surface area (Å²) in [5, 5.41) is 12.1. The number of hydrogen-bond donors (Lipinski definition) is 2. The van der Waals surface area contributed by atoms with Gasteiger partial charge in [0, 0.05) is 31.5 Å². The van der Waals surface area contributed by atoms with Crippen LogP contribution in [-0.4, -0.2) is 40.0 Å². The molecule has 0 radical (unpaired) electrons. The first kappa shape index (κ1) is 15.7. The highest BCUT2D eigenvalue weighted by molar-refractivity contribution is 5.92. The van der Waals surface area contributed by atoms with E-state index in [1.54, 1.807) is 18.3 Å². The van der Waals surface area contributed by atoms with Crippen molar-refractivity contribution in [1.29, 1.82) is 5.26 Å². The van der Waals surface area contributed by atoms with Crippen LogP contribution in [0.15, 0.2) is 35.5 Å². The van der Waals surface area contributed by atoms with Crippen molar-refractivity contribution in [2.75, 3.05) is 18.0 Å². The zero-order valence-electron chi connectivity index (χ0n) is 12.9. The van der Waals surface area contributed by atoms with Gasteiger partial charge in [0.15, 0.2) is 0 Å². The lowest BCUT2D eigenvalue weighted by Crippen LogP contribution is -2.45. The second-order valence-corrected chi connectivity index (χ2v) is 5.52. The molecular formula is C16H16N6O2. The van der Waals surface area contributed by atoms with E-state index in [1.807, 2.05) is 0 Å². The molecule has 1 fully saturated rings. The number of hydrogen-bond acceptors (Lipinski definition) is 6. The molecular weight excluding hydrogens is 308 g/mol. The number of carbonyl (C=O) groups excluding carboxylic acids is 1. The first-order chi connectivity index (χ1) is 11.7. The Labute approximate surface area is 138 Å². The minimum atomic E-state index is -0.344. The van der Waals surface area contributed by atoms with Crippen molar-refractivity contribution < 1.29 is 4.79 Å². The van der Waals surface area contributed by atoms with Crippen LogP contribution in [0.1, 0.15) is 28.9 Å². The molecule has 0 saturated carbocycles. The number of aromatic amines is 1. The predicted molar refractivity (Wildman–Crippen MR) is 86.5 cm³/mol. The summed E-state index contributed by atoms with van der Waals surface area (Å²) < 4.78 is 0. The van der Waals surface area contributed by atoms with Gasteiger partial charge in [-0.15, -0.1) is 0 Å². The van der Waals surface area contributed by atoms with Gasteiger partial charge in [-0.2, -0.15) is 5.26 Å². The Morgan fingerprint density at radius 3 is 2.83 bits per heavy atom. The van der Waals surface area contributed by atoms with Crippen molar-refractivity contribution in [3.63, 3.8) is 0 Å². The van der Waals surface area contributed by atoms with Crippen LogP contribution in [0.25, 0.3) is 0 Å². The molecule has 0 bridgehead atoms. The quantitative estimate of drug-likeness (QED) is 0.846. The highest BCUT2D eigenvalue weighted by Crippen LogP contribution is 2.21. The maximum Gasteiger partial charge on any atom is 0.271 e. The molecule has 1 aliphatic heterocycles. The number of nitrogens with zero attached hydrogens (tertiary/aromatic N) is 4. The minimum Gasteiger partial charge on any atom is -0.355 e. The van der Waals surface area contributed by atoms with Gasteiger partial charge in [0.25, 0.3) is 11.5 Å². The summed E-state index contributed by atoms with van der Waals surface area (Å²) in [6.07, 6.45) is 5.56. The Hall–Kier alpha value is -3.21. The highest BCUT2D eigenvalue weighted by Gasteiger charge is 2.23. The van der Waals surface area contributed by atoms with Gasteiger partial charge in [0.1, 0.15) is 17.6 Å². The van der Waals surface area contributed by atoms with Crippen molar-refractivity contribution in [2.45, 2.75) is 18.9 Å². The van der Waals surface area contributed by atoms with Gasteiger partial charge in [0.05, 0.1) is 11.8 Å². The van der Waals surface area contributed by atoms with E-state index in [1.165, 1.54) is 6.20 Å². The average Bonchev–Trinajstić information content (AvgIpc) is 2.63. The third kappa shape index (κ3) is 3.41. The fourth-order valence-corrected chi connectivity index (χ4v) is 2.70. The number of H-pyrrole nitrogens is 1. The van der Waals surface area contributed by atoms with E-state index in [9.17, 15) is 9.59 Å². The van der Waals surface area contributed by atoms with Crippen LogP contribution in [0.3, 0.4) is 0 Å². The summed E-state index contributed by atoms with van der Waals surface area (Å²) >= 11 is 0. The van der Waals surface area contributed by atoms with Gasteiger partial charge in [-0.3, -0.25) is 9.59 Å². The third-order valence-corrected chi connectivity index (χ3v) is 3.94. The monoisotopic (exact) mass is 324 g/mol. The Kier molecular flexibility index (Phi) is 4.52. The molecule has 122 valence electrons. The maximum atomic E-state index is 12.1. The zero-order valence-corrected chi connectivity index (χ0v) is 12.9. The molecule has 1 saturated heterocycles. The molecule has 2 aromatic rings. The van der Waals surface area contributed by atoms with Gasteiger partial charge in [-0.1, -0.05) is 0 Å². The molecule has 3 heterocycles. The summed E-state index contributed by atoms with van der Waals surface area (Å²) in [6, 6.07) is 5.67. The molecule has 0 aliphatic carbocycles. The lowest BCUT2D eigenvalue weighted by atomic mass is 10.0. The van der Waals surface area contributed by atoms with Gasteiger partial charge in [-0.05, 0) is 25.0 Å². The summed E-state index contributed by atoms with van der Waals surface area (Å²) in [4.78, 5) is 35.7. The lowest BCUT2D eigenvalue weighted by molar-refractivity contribution is 0.0925. The SMILES string of the molecule is N#Cc1cccnc1N1CCC(NC(=O)c2c[nH]c(=O)cn2)CC1. The molecule has 1 aliphatic rings. The van der Waals surface area contributed by atoms with Crippen LogP contribution in [0.2, 0.25) is 0 Å². The van der Waals surface area contributed by atoms with Crippen LogP contribution in [0.4, 0.5) is 5.82 Å². The molecule has 0 unspecified atom stereocenters. The van der Waals surface area contributed by atoms with Crippen LogP contribution in [0, 0.1) is 11.3 Å². The molecule has 3 rings (SSSR count). The number of nitrogens with one attached hydrogen (secondary N) is 2. The number of aromatic nitrogens is 3. The molecule has 0 aromatic carbocycles. The van der Waals surface area contributed by atoms with Gasteiger partial charge in [-0.25, -0.2) is 9.97 Å². The first-order valence-corrected chi connectivity index (χ1v) is 7.63. The fourth-order valence-electron chi connectivity index (χ4n) is 2.70. The second kappa shape index (κ2) is 6.91. The standard InChI is InChI=1S/C16H16N6O2/c17-8-11-2-1-5-18-15(11)22-6-3-12(4-7-22)21-16(24)13-9-20-14(23)10-19-13/h1-2,5,9-10,12H,3-4,6-7H2,(H,20,23)(H,21,24). The van der Waals surface area contributed by atoms with E-state index in [0.29, 0.717) is 24.5 Å². The Bertz CT molecular complexity index is 812. The smallest absolute Gasteiger partial charge is 0.271 e. The number of anilines is 1. The highest BCUT2D eigenvalue weighted by atomic mass is 16.2. The van der Waals surface area contributed by atoms with Crippen LogP contribution >= 0.6 is 0 Å². The Morgan fingerprint density at radius 1 is 1.38 bits per heavy atom. The fraction of sp³-hybridized carbons (Fsp3) is 0.312. The van der Waals surface area contributed by atoms with E-state index in [0.717, 1.165) is 19.0 Å². The van der Waals surface area contributed by atoms with E-state index >= 15 is 0 Å². The van der Waals surface area contributed by atoms with Crippen LogP contribution in [-0.2, 0) is 0 Å². The lowest BCUT2D eigenvalue weighted by Gasteiger charge is -2.33. The zero-order chi connectivity index (χ0) is 16.9. The number of pyridine rings is 1. The Balaban J connectivity index is 1.59. The van der Waals surface area contributed by atoms with Crippen molar-refractivity contribution >= 4 is 11.7 Å². The van der Waals surface area contributed by atoms with Crippen LogP contribution in [0.5, 0.6) is 0 Å². The normalized spacial score (nSPS) is 14.9.